The monoisotopic (exact) mass is 326 g/mol. The van der Waals surface area contributed by atoms with E-state index in [1.807, 2.05) is 7.05 Å². The van der Waals surface area contributed by atoms with Gasteiger partial charge in [0.1, 0.15) is 0 Å². The van der Waals surface area contributed by atoms with Crippen LogP contribution in [-0.4, -0.2) is 37.2 Å². The third kappa shape index (κ3) is 3.78. The second-order valence-corrected chi connectivity index (χ2v) is 6.60. The summed E-state index contributed by atoms with van der Waals surface area (Å²) in [6, 6.07) is 6.63. The van der Waals surface area contributed by atoms with Crippen molar-refractivity contribution in [3.63, 3.8) is 0 Å². The summed E-state index contributed by atoms with van der Waals surface area (Å²) >= 11 is 3.70. The molecule has 0 bridgehead atoms. The van der Waals surface area contributed by atoms with Gasteiger partial charge in [0, 0.05) is 29.6 Å². The van der Waals surface area contributed by atoms with E-state index >= 15 is 0 Å². The summed E-state index contributed by atoms with van der Waals surface area (Å²) in [4.78, 5) is 2.49. The van der Waals surface area contributed by atoms with Crippen molar-refractivity contribution in [2.45, 2.75) is 32.5 Å². The highest BCUT2D eigenvalue weighted by molar-refractivity contribution is 9.10. The molecule has 4 heteroatoms. The number of rotatable bonds is 4. The van der Waals surface area contributed by atoms with Gasteiger partial charge in [-0.2, -0.15) is 0 Å². The average Bonchev–Trinajstić information content (AvgIpc) is 2.35. The molecule has 0 aliphatic carbocycles. The number of benzene rings is 1. The van der Waals surface area contributed by atoms with Crippen LogP contribution in [0, 0.1) is 0 Å². The van der Waals surface area contributed by atoms with Gasteiger partial charge in [-0.25, -0.2) is 0 Å². The average molecular weight is 327 g/mol. The molecule has 0 saturated carbocycles. The van der Waals surface area contributed by atoms with E-state index in [1.54, 1.807) is 0 Å². The van der Waals surface area contributed by atoms with Gasteiger partial charge in [0.15, 0.2) is 0 Å². The first-order valence-electron chi connectivity index (χ1n) is 6.77. The van der Waals surface area contributed by atoms with Gasteiger partial charge in [0.2, 0.25) is 0 Å². The van der Waals surface area contributed by atoms with Gasteiger partial charge in [-0.1, -0.05) is 28.1 Å². The summed E-state index contributed by atoms with van der Waals surface area (Å²) in [6.07, 6.45) is 0. The molecule has 106 valence electrons. The molecule has 0 unspecified atom stereocenters. The molecule has 1 aliphatic rings. The van der Waals surface area contributed by atoms with Gasteiger partial charge in [-0.05, 0) is 38.1 Å². The Morgan fingerprint density at radius 3 is 2.84 bits per heavy atom. The van der Waals surface area contributed by atoms with Crippen molar-refractivity contribution in [2.75, 3.05) is 26.8 Å². The molecule has 1 aromatic rings. The summed E-state index contributed by atoms with van der Waals surface area (Å²) in [5, 5.41) is 3.18. The number of ether oxygens (including phenoxy) is 1. The largest absolute Gasteiger partial charge is 0.378 e. The van der Waals surface area contributed by atoms with E-state index in [0.717, 1.165) is 32.8 Å². The Kier molecular flexibility index (Phi) is 5.01. The number of nitrogens with zero attached hydrogens (tertiary/aromatic N) is 1. The van der Waals surface area contributed by atoms with E-state index in [0.29, 0.717) is 0 Å². The molecular weight excluding hydrogens is 304 g/mol. The molecular formula is C15H23BrN2O. The Balaban J connectivity index is 2.10. The maximum atomic E-state index is 5.57. The fraction of sp³-hybridized carbons (Fsp3) is 0.600. The lowest BCUT2D eigenvalue weighted by molar-refractivity contribution is -0.0553. The van der Waals surface area contributed by atoms with Gasteiger partial charge in [0.25, 0.3) is 0 Å². The fourth-order valence-electron chi connectivity index (χ4n) is 2.42. The molecule has 1 saturated heterocycles. The molecule has 1 aliphatic heterocycles. The maximum absolute atomic E-state index is 5.57. The van der Waals surface area contributed by atoms with E-state index in [2.05, 4.69) is 58.2 Å². The van der Waals surface area contributed by atoms with E-state index < -0.39 is 0 Å². The SMILES string of the molecule is CNCc1ccc(CN2CCOCC2(C)C)c(Br)c1. The molecule has 19 heavy (non-hydrogen) atoms. The van der Waals surface area contributed by atoms with Crippen molar-refractivity contribution in [3.05, 3.63) is 33.8 Å². The summed E-state index contributed by atoms with van der Waals surface area (Å²) in [5.41, 5.74) is 2.76. The first-order valence-corrected chi connectivity index (χ1v) is 7.57. The zero-order valence-electron chi connectivity index (χ0n) is 12.0. The molecule has 3 nitrogen and oxygen atoms in total. The van der Waals surface area contributed by atoms with Crippen molar-refractivity contribution in [1.82, 2.24) is 10.2 Å². The topological polar surface area (TPSA) is 24.5 Å². The lowest BCUT2D eigenvalue weighted by Crippen LogP contribution is -2.52. The smallest absolute Gasteiger partial charge is 0.0645 e. The van der Waals surface area contributed by atoms with E-state index in [9.17, 15) is 0 Å². The quantitative estimate of drug-likeness (QED) is 0.920. The molecule has 2 rings (SSSR count). The summed E-state index contributed by atoms with van der Waals surface area (Å²) in [6.45, 7) is 9.00. The van der Waals surface area contributed by atoms with Crippen LogP contribution in [0.5, 0.6) is 0 Å². The number of hydrogen-bond donors (Lipinski definition) is 1. The number of halogens is 1. The van der Waals surface area contributed by atoms with Crippen LogP contribution < -0.4 is 5.32 Å². The van der Waals surface area contributed by atoms with Crippen molar-refractivity contribution in [2.24, 2.45) is 0 Å². The van der Waals surface area contributed by atoms with E-state index in [1.165, 1.54) is 15.6 Å². The molecule has 0 radical (unpaired) electrons. The Labute approximate surface area is 124 Å². The van der Waals surface area contributed by atoms with Crippen molar-refractivity contribution >= 4 is 15.9 Å². The maximum Gasteiger partial charge on any atom is 0.0645 e. The summed E-state index contributed by atoms with van der Waals surface area (Å²) in [5.74, 6) is 0. The molecule has 1 aromatic carbocycles. The van der Waals surface area contributed by atoms with Crippen molar-refractivity contribution in [3.8, 4) is 0 Å². The lowest BCUT2D eigenvalue weighted by Gasteiger charge is -2.42. The zero-order valence-corrected chi connectivity index (χ0v) is 13.6. The highest BCUT2D eigenvalue weighted by Crippen LogP contribution is 2.26. The first-order chi connectivity index (χ1) is 9.03. The number of morpholine rings is 1. The van der Waals surface area contributed by atoms with Crippen LogP contribution in [0.25, 0.3) is 0 Å². The molecule has 1 N–H and O–H groups in total. The van der Waals surface area contributed by atoms with Gasteiger partial charge in [-0.15, -0.1) is 0 Å². The highest BCUT2D eigenvalue weighted by atomic mass is 79.9. The van der Waals surface area contributed by atoms with Gasteiger partial charge < -0.3 is 10.1 Å². The number of hydrogen-bond acceptors (Lipinski definition) is 3. The Morgan fingerprint density at radius 1 is 1.42 bits per heavy atom. The summed E-state index contributed by atoms with van der Waals surface area (Å²) < 4.78 is 6.77. The molecule has 0 spiro atoms. The van der Waals surface area contributed by atoms with Crippen molar-refractivity contribution in [1.29, 1.82) is 0 Å². The second-order valence-electron chi connectivity index (χ2n) is 5.74. The first kappa shape index (κ1) is 15.0. The summed E-state index contributed by atoms with van der Waals surface area (Å²) in [7, 11) is 1.97. The van der Waals surface area contributed by atoms with Crippen LogP contribution in [-0.2, 0) is 17.8 Å². The van der Waals surface area contributed by atoms with Gasteiger partial charge in [-0.3, -0.25) is 4.90 Å². The predicted molar refractivity (Wildman–Crippen MR) is 82.2 cm³/mol. The van der Waals surface area contributed by atoms with E-state index in [4.69, 9.17) is 4.74 Å². The standard InChI is InChI=1S/C15H23BrN2O/c1-15(2)11-19-7-6-18(15)10-13-5-4-12(9-17-3)8-14(13)16/h4-5,8,17H,6-7,9-11H2,1-3H3. The molecule has 0 amide bonds. The van der Waals surface area contributed by atoms with Crippen LogP contribution in [0.1, 0.15) is 25.0 Å². The second kappa shape index (κ2) is 6.35. The van der Waals surface area contributed by atoms with Crippen LogP contribution in [0.4, 0.5) is 0 Å². The zero-order chi connectivity index (χ0) is 13.9. The molecule has 0 atom stereocenters. The lowest BCUT2D eigenvalue weighted by atomic mass is 10.0. The van der Waals surface area contributed by atoms with Crippen LogP contribution in [0.15, 0.2) is 22.7 Å². The molecule has 1 heterocycles. The van der Waals surface area contributed by atoms with Gasteiger partial charge in [0.05, 0.1) is 13.2 Å². The normalized spacial score (nSPS) is 19.6. The Hall–Kier alpha value is -0.420. The predicted octanol–water partition coefficient (Wildman–Crippen LogP) is 2.78. The van der Waals surface area contributed by atoms with Crippen LogP contribution in [0.3, 0.4) is 0 Å². The molecule has 0 aromatic heterocycles. The van der Waals surface area contributed by atoms with Gasteiger partial charge >= 0.3 is 0 Å². The highest BCUT2D eigenvalue weighted by Gasteiger charge is 2.30. The minimum atomic E-state index is 0.112. The van der Waals surface area contributed by atoms with Crippen molar-refractivity contribution < 1.29 is 4.74 Å². The third-order valence-corrected chi connectivity index (χ3v) is 4.41. The Morgan fingerprint density at radius 2 is 2.21 bits per heavy atom. The van der Waals surface area contributed by atoms with Crippen LogP contribution >= 0.6 is 15.9 Å². The minimum absolute atomic E-state index is 0.112. The third-order valence-electron chi connectivity index (χ3n) is 3.68. The fourth-order valence-corrected chi connectivity index (χ4v) is 2.97. The number of nitrogens with one attached hydrogen (secondary N) is 1. The minimum Gasteiger partial charge on any atom is -0.378 e. The molecule has 1 fully saturated rings. The van der Waals surface area contributed by atoms with E-state index in [-0.39, 0.29) is 5.54 Å². The Bertz CT molecular complexity index is 434. The van der Waals surface area contributed by atoms with Crippen LogP contribution in [0.2, 0.25) is 0 Å².